The first kappa shape index (κ1) is 17.7. The number of alkyl halides is 3. The van der Waals surface area contributed by atoms with Crippen molar-refractivity contribution in [2.75, 3.05) is 5.32 Å². The van der Waals surface area contributed by atoms with E-state index in [0.717, 1.165) is 54.8 Å². The number of hydrogen-bond donors (Lipinski definition) is 3. The largest absolute Gasteiger partial charge is 0.417 e. The SMILES string of the molecule is OC1CCC(c2nc3cc(Nc4ccc(C(F)(F)F)cn4)ncc3[nH]2)CC1. The number of imidazole rings is 1. The molecule has 0 bridgehead atoms. The molecule has 0 aliphatic heterocycles. The van der Waals surface area contributed by atoms with E-state index in [-0.39, 0.29) is 17.8 Å². The molecule has 0 aromatic carbocycles. The molecular formula is C18H18F3N5O. The van der Waals surface area contributed by atoms with E-state index in [1.54, 1.807) is 12.3 Å². The van der Waals surface area contributed by atoms with Gasteiger partial charge >= 0.3 is 6.18 Å². The lowest BCUT2D eigenvalue weighted by Crippen LogP contribution is -2.17. The van der Waals surface area contributed by atoms with E-state index >= 15 is 0 Å². The molecule has 1 aliphatic carbocycles. The number of H-pyrrole nitrogens is 1. The number of aliphatic hydroxyl groups is 1. The number of aromatic nitrogens is 4. The summed E-state index contributed by atoms with van der Waals surface area (Å²) < 4.78 is 37.8. The number of hydrogen-bond acceptors (Lipinski definition) is 5. The first-order valence-electron chi connectivity index (χ1n) is 8.72. The maximum Gasteiger partial charge on any atom is 0.417 e. The number of halogens is 3. The molecule has 3 aromatic heterocycles. The van der Waals surface area contributed by atoms with E-state index in [1.165, 1.54) is 6.07 Å². The maximum absolute atomic E-state index is 12.6. The van der Waals surface area contributed by atoms with Gasteiger partial charge in [-0.2, -0.15) is 13.2 Å². The van der Waals surface area contributed by atoms with Gasteiger partial charge in [-0.25, -0.2) is 15.0 Å². The number of nitrogens with one attached hydrogen (secondary N) is 2. The molecule has 1 aliphatic rings. The van der Waals surface area contributed by atoms with Gasteiger partial charge < -0.3 is 15.4 Å². The maximum atomic E-state index is 12.6. The molecule has 0 amide bonds. The van der Waals surface area contributed by atoms with Crippen molar-refractivity contribution in [1.29, 1.82) is 0 Å². The summed E-state index contributed by atoms with van der Waals surface area (Å²) in [6.45, 7) is 0. The first-order chi connectivity index (χ1) is 12.9. The second-order valence-electron chi connectivity index (χ2n) is 6.77. The molecule has 142 valence electrons. The summed E-state index contributed by atoms with van der Waals surface area (Å²) in [5.74, 6) is 1.89. The summed E-state index contributed by atoms with van der Waals surface area (Å²) in [6.07, 6.45) is 1.09. The Hall–Kier alpha value is -2.68. The molecule has 0 atom stereocenters. The van der Waals surface area contributed by atoms with Gasteiger partial charge in [-0.15, -0.1) is 0 Å². The number of pyridine rings is 2. The Kier molecular flexibility index (Phi) is 4.47. The third kappa shape index (κ3) is 3.87. The lowest BCUT2D eigenvalue weighted by Gasteiger charge is -2.23. The molecule has 0 unspecified atom stereocenters. The van der Waals surface area contributed by atoms with Gasteiger partial charge in [0.25, 0.3) is 0 Å². The van der Waals surface area contributed by atoms with E-state index in [9.17, 15) is 18.3 Å². The topological polar surface area (TPSA) is 86.7 Å². The number of rotatable bonds is 3. The lowest BCUT2D eigenvalue weighted by atomic mass is 9.87. The molecule has 27 heavy (non-hydrogen) atoms. The zero-order valence-electron chi connectivity index (χ0n) is 14.3. The number of aromatic amines is 1. The standard InChI is InChI=1S/C18H18F3N5O/c19-18(20,21)11-3-6-15(22-8-11)26-16-7-13-14(9-23-16)25-17(24-13)10-1-4-12(27)5-2-10/h3,6-10,12,27H,1-2,4-5H2,(H,24,25)(H,22,23,26). The van der Waals surface area contributed by atoms with Crippen molar-refractivity contribution in [3.8, 4) is 0 Å². The van der Waals surface area contributed by atoms with Gasteiger partial charge in [0.1, 0.15) is 17.5 Å². The fourth-order valence-corrected chi connectivity index (χ4v) is 3.31. The fraction of sp³-hybridized carbons (Fsp3) is 0.389. The highest BCUT2D eigenvalue weighted by atomic mass is 19.4. The van der Waals surface area contributed by atoms with Gasteiger partial charge in [-0.3, -0.25) is 0 Å². The minimum Gasteiger partial charge on any atom is -0.393 e. The highest BCUT2D eigenvalue weighted by Crippen LogP contribution is 2.33. The van der Waals surface area contributed by atoms with Gasteiger partial charge in [0, 0.05) is 18.2 Å². The molecule has 9 heteroatoms. The van der Waals surface area contributed by atoms with Crippen LogP contribution in [0.5, 0.6) is 0 Å². The van der Waals surface area contributed by atoms with Gasteiger partial charge in [-0.1, -0.05) is 0 Å². The third-order valence-corrected chi connectivity index (χ3v) is 4.82. The van der Waals surface area contributed by atoms with Crippen LogP contribution in [0.2, 0.25) is 0 Å². The summed E-state index contributed by atoms with van der Waals surface area (Å²) >= 11 is 0. The van der Waals surface area contributed by atoms with E-state index in [0.29, 0.717) is 5.82 Å². The van der Waals surface area contributed by atoms with Crippen molar-refractivity contribution in [3.05, 3.63) is 42.0 Å². The van der Waals surface area contributed by atoms with Crippen LogP contribution in [-0.2, 0) is 6.18 Å². The van der Waals surface area contributed by atoms with Crippen LogP contribution in [-0.4, -0.2) is 31.1 Å². The predicted molar refractivity (Wildman–Crippen MR) is 93.6 cm³/mol. The van der Waals surface area contributed by atoms with Crippen LogP contribution in [0.1, 0.15) is 43.0 Å². The summed E-state index contributed by atoms with van der Waals surface area (Å²) in [5, 5.41) is 12.5. The average molecular weight is 377 g/mol. The quantitative estimate of drug-likeness (QED) is 0.639. The number of anilines is 2. The predicted octanol–water partition coefficient (Wildman–Crippen LogP) is 4.13. The van der Waals surface area contributed by atoms with E-state index in [2.05, 4.69) is 25.3 Å². The minimum atomic E-state index is -4.41. The van der Waals surface area contributed by atoms with Crippen LogP contribution in [0.25, 0.3) is 11.0 Å². The Balaban J connectivity index is 1.51. The normalized spacial score (nSPS) is 20.7. The van der Waals surface area contributed by atoms with Crippen molar-refractivity contribution >= 4 is 22.7 Å². The van der Waals surface area contributed by atoms with Gasteiger partial charge in [-0.05, 0) is 37.8 Å². The molecule has 3 heterocycles. The van der Waals surface area contributed by atoms with E-state index in [4.69, 9.17) is 0 Å². The number of fused-ring (bicyclic) bond motifs is 1. The van der Waals surface area contributed by atoms with Crippen LogP contribution < -0.4 is 5.32 Å². The molecule has 3 aromatic rings. The first-order valence-corrected chi connectivity index (χ1v) is 8.72. The van der Waals surface area contributed by atoms with Crippen LogP contribution in [0.4, 0.5) is 24.8 Å². The van der Waals surface area contributed by atoms with Crippen molar-refractivity contribution in [2.24, 2.45) is 0 Å². The van der Waals surface area contributed by atoms with Gasteiger partial charge in [0.15, 0.2) is 0 Å². The summed E-state index contributed by atoms with van der Waals surface area (Å²) in [4.78, 5) is 15.9. The molecule has 6 nitrogen and oxygen atoms in total. The van der Waals surface area contributed by atoms with Crippen LogP contribution in [0.15, 0.2) is 30.6 Å². The fourth-order valence-electron chi connectivity index (χ4n) is 3.31. The molecule has 1 fully saturated rings. The van der Waals surface area contributed by atoms with Crippen molar-refractivity contribution in [2.45, 2.75) is 43.9 Å². The van der Waals surface area contributed by atoms with Crippen molar-refractivity contribution in [3.63, 3.8) is 0 Å². The van der Waals surface area contributed by atoms with Crippen molar-refractivity contribution < 1.29 is 18.3 Å². The van der Waals surface area contributed by atoms with Crippen LogP contribution >= 0.6 is 0 Å². The zero-order valence-corrected chi connectivity index (χ0v) is 14.3. The molecular weight excluding hydrogens is 359 g/mol. The molecule has 0 saturated heterocycles. The zero-order chi connectivity index (χ0) is 19.0. The van der Waals surface area contributed by atoms with Gasteiger partial charge in [0.05, 0.1) is 28.9 Å². The average Bonchev–Trinajstić information content (AvgIpc) is 3.05. The second kappa shape index (κ2) is 6.80. The Labute approximate surface area is 152 Å². The molecule has 0 radical (unpaired) electrons. The molecule has 0 spiro atoms. The molecule has 1 saturated carbocycles. The minimum absolute atomic E-state index is 0.223. The summed E-state index contributed by atoms with van der Waals surface area (Å²) in [5.41, 5.74) is 0.716. The highest BCUT2D eigenvalue weighted by molar-refractivity contribution is 5.78. The van der Waals surface area contributed by atoms with E-state index in [1.807, 2.05) is 0 Å². The Morgan fingerprint density at radius 2 is 1.78 bits per heavy atom. The Morgan fingerprint density at radius 1 is 1.04 bits per heavy atom. The summed E-state index contributed by atoms with van der Waals surface area (Å²) in [6, 6.07) is 3.96. The molecule has 3 N–H and O–H groups in total. The summed E-state index contributed by atoms with van der Waals surface area (Å²) in [7, 11) is 0. The Morgan fingerprint density at radius 3 is 2.44 bits per heavy atom. The third-order valence-electron chi connectivity index (χ3n) is 4.82. The Bertz CT molecular complexity index is 930. The highest BCUT2D eigenvalue weighted by Gasteiger charge is 2.30. The van der Waals surface area contributed by atoms with E-state index < -0.39 is 11.7 Å². The smallest absolute Gasteiger partial charge is 0.393 e. The second-order valence-corrected chi connectivity index (χ2v) is 6.77. The number of nitrogens with zero attached hydrogens (tertiary/aromatic N) is 3. The van der Waals surface area contributed by atoms with Crippen LogP contribution in [0.3, 0.4) is 0 Å². The lowest BCUT2D eigenvalue weighted by molar-refractivity contribution is -0.137. The molecule has 4 rings (SSSR count). The van der Waals surface area contributed by atoms with Crippen LogP contribution in [0, 0.1) is 0 Å². The van der Waals surface area contributed by atoms with Gasteiger partial charge in [0.2, 0.25) is 0 Å². The number of aliphatic hydroxyl groups excluding tert-OH is 1. The monoisotopic (exact) mass is 377 g/mol. The van der Waals surface area contributed by atoms with Crippen molar-refractivity contribution in [1.82, 2.24) is 19.9 Å².